The number of nitriles is 1. The Morgan fingerprint density at radius 1 is 1.00 bits per heavy atom. The van der Waals surface area contributed by atoms with E-state index in [-0.39, 0.29) is 17.9 Å². The van der Waals surface area contributed by atoms with Crippen LogP contribution in [-0.2, 0) is 4.79 Å². The van der Waals surface area contributed by atoms with Gasteiger partial charge in [-0.3, -0.25) is 4.79 Å². The second kappa shape index (κ2) is 10.0. The molecule has 4 nitrogen and oxygen atoms in total. The van der Waals surface area contributed by atoms with Crippen LogP contribution >= 0.6 is 0 Å². The number of carbonyl (C=O) groups excluding carboxylic acids is 1. The van der Waals surface area contributed by atoms with Crippen LogP contribution in [0.2, 0.25) is 0 Å². The minimum Gasteiger partial charge on any atom is -0.326 e. The maximum absolute atomic E-state index is 13.6. The maximum Gasteiger partial charge on any atom is 0.230 e. The van der Waals surface area contributed by atoms with Gasteiger partial charge in [-0.2, -0.15) is 5.26 Å². The fourth-order valence-corrected chi connectivity index (χ4v) is 4.54. The Labute approximate surface area is 196 Å². The molecule has 1 saturated carbocycles. The fraction of sp³-hybridized carbons (Fsp3) is 0.310. The number of rotatable bonds is 8. The van der Waals surface area contributed by atoms with Gasteiger partial charge >= 0.3 is 0 Å². The van der Waals surface area contributed by atoms with Crippen molar-refractivity contribution in [1.29, 1.82) is 5.26 Å². The molecule has 4 rings (SSSR count). The summed E-state index contributed by atoms with van der Waals surface area (Å²) >= 11 is 0. The molecule has 3 aromatic rings. The third-order valence-corrected chi connectivity index (χ3v) is 6.32. The summed E-state index contributed by atoms with van der Waals surface area (Å²) in [6.45, 7) is 4.83. The van der Waals surface area contributed by atoms with Crippen LogP contribution in [0.5, 0.6) is 0 Å². The quantitative estimate of drug-likeness (QED) is 0.489. The average molecular weight is 438 g/mol. The van der Waals surface area contributed by atoms with Crippen LogP contribution in [0.1, 0.15) is 43.7 Å². The standard InChI is InChI=1S/C29H31N3O/c1-20(2)16-25(31)19-32(29(33)28-17-27(28)24-6-4-3-5-7-24)26-14-12-23(13-15-26)22-10-8-21(18-30)9-11-22/h3-15,20,25,27-28H,16-17,19,31H2,1-2H3/t25-,27-,28+/m0/s1. The molecule has 3 aromatic carbocycles. The number of hydrogen-bond acceptors (Lipinski definition) is 3. The summed E-state index contributed by atoms with van der Waals surface area (Å²) in [4.78, 5) is 15.5. The highest BCUT2D eigenvalue weighted by Gasteiger charge is 2.46. The Bertz CT molecular complexity index is 1110. The molecule has 0 spiro atoms. The van der Waals surface area contributed by atoms with Gasteiger partial charge in [0.05, 0.1) is 11.6 Å². The lowest BCUT2D eigenvalue weighted by Gasteiger charge is -2.27. The number of carbonyl (C=O) groups is 1. The van der Waals surface area contributed by atoms with E-state index in [1.165, 1.54) is 5.56 Å². The fourth-order valence-electron chi connectivity index (χ4n) is 4.54. The van der Waals surface area contributed by atoms with Gasteiger partial charge < -0.3 is 10.6 Å². The second-order valence-corrected chi connectivity index (χ2v) is 9.43. The number of anilines is 1. The van der Waals surface area contributed by atoms with Gasteiger partial charge in [-0.25, -0.2) is 0 Å². The number of nitrogens with zero attached hydrogens (tertiary/aromatic N) is 2. The van der Waals surface area contributed by atoms with Crippen LogP contribution < -0.4 is 10.6 Å². The highest BCUT2D eigenvalue weighted by atomic mass is 16.2. The molecule has 4 heteroatoms. The number of nitrogens with two attached hydrogens (primary N) is 1. The third-order valence-electron chi connectivity index (χ3n) is 6.32. The zero-order chi connectivity index (χ0) is 23.4. The Hall–Kier alpha value is -3.42. The van der Waals surface area contributed by atoms with E-state index in [0.29, 0.717) is 23.9 Å². The van der Waals surface area contributed by atoms with E-state index < -0.39 is 0 Å². The first-order chi connectivity index (χ1) is 16.0. The molecule has 0 bridgehead atoms. The zero-order valence-electron chi connectivity index (χ0n) is 19.3. The Morgan fingerprint density at radius 3 is 2.18 bits per heavy atom. The smallest absolute Gasteiger partial charge is 0.230 e. The van der Waals surface area contributed by atoms with Crippen molar-refractivity contribution < 1.29 is 4.79 Å². The molecule has 168 valence electrons. The summed E-state index contributed by atoms with van der Waals surface area (Å²) in [5.41, 5.74) is 11.3. The van der Waals surface area contributed by atoms with E-state index in [1.807, 2.05) is 71.6 Å². The number of hydrogen-bond donors (Lipinski definition) is 1. The van der Waals surface area contributed by atoms with E-state index in [9.17, 15) is 4.79 Å². The number of amides is 1. The van der Waals surface area contributed by atoms with Gasteiger partial charge in [-0.1, -0.05) is 68.4 Å². The predicted molar refractivity (Wildman–Crippen MR) is 134 cm³/mol. The molecule has 0 saturated heterocycles. The van der Waals surface area contributed by atoms with Crippen molar-refractivity contribution in [1.82, 2.24) is 0 Å². The van der Waals surface area contributed by atoms with E-state index in [0.717, 1.165) is 29.7 Å². The molecule has 1 amide bonds. The van der Waals surface area contributed by atoms with Crippen molar-refractivity contribution in [2.75, 3.05) is 11.4 Å². The van der Waals surface area contributed by atoms with E-state index in [1.54, 1.807) is 0 Å². The molecule has 0 radical (unpaired) electrons. The Balaban J connectivity index is 1.55. The largest absolute Gasteiger partial charge is 0.326 e. The summed E-state index contributed by atoms with van der Waals surface area (Å²) in [6, 6.07) is 28.0. The van der Waals surface area contributed by atoms with Gasteiger partial charge in [0.25, 0.3) is 0 Å². The van der Waals surface area contributed by atoms with Gasteiger partial charge in [0.15, 0.2) is 0 Å². The highest BCUT2D eigenvalue weighted by molar-refractivity contribution is 5.97. The van der Waals surface area contributed by atoms with Crippen molar-refractivity contribution in [3.63, 3.8) is 0 Å². The van der Waals surface area contributed by atoms with Crippen LogP contribution in [0.15, 0.2) is 78.9 Å². The van der Waals surface area contributed by atoms with Crippen LogP contribution in [0, 0.1) is 23.2 Å². The molecule has 0 unspecified atom stereocenters. The van der Waals surface area contributed by atoms with Crippen LogP contribution in [0.25, 0.3) is 11.1 Å². The van der Waals surface area contributed by atoms with Crippen LogP contribution in [0.4, 0.5) is 5.69 Å². The molecule has 1 aliphatic rings. The van der Waals surface area contributed by atoms with Gasteiger partial charge in [-0.05, 0) is 65.6 Å². The molecule has 3 atom stereocenters. The minimum absolute atomic E-state index is 0.0110. The molecule has 1 aliphatic carbocycles. The molecule has 1 fully saturated rings. The first-order valence-corrected chi connectivity index (χ1v) is 11.7. The Morgan fingerprint density at radius 2 is 1.61 bits per heavy atom. The van der Waals surface area contributed by atoms with Gasteiger partial charge in [-0.15, -0.1) is 0 Å². The molecule has 33 heavy (non-hydrogen) atoms. The molecule has 0 heterocycles. The van der Waals surface area contributed by atoms with E-state index in [4.69, 9.17) is 11.0 Å². The molecule has 2 N–H and O–H groups in total. The van der Waals surface area contributed by atoms with Gasteiger partial charge in [0, 0.05) is 24.2 Å². The number of benzene rings is 3. The average Bonchev–Trinajstić information content (AvgIpc) is 3.64. The van der Waals surface area contributed by atoms with Crippen molar-refractivity contribution in [2.45, 2.75) is 38.6 Å². The van der Waals surface area contributed by atoms with Crippen LogP contribution in [0.3, 0.4) is 0 Å². The summed E-state index contributed by atoms with van der Waals surface area (Å²) in [7, 11) is 0. The van der Waals surface area contributed by atoms with Crippen molar-refractivity contribution in [2.24, 2.45) is 17.6 Å². The summed E-state index contributed by atoms with van der Waals surface area (Å²) in [5, 5.41) is 9.02. The predicted octanol–water partition coefficient (Wildman–Crippen LogP) is 5.74. The lowest BCUT2D eigenvalue weighted by molar-refractivity contribution is -0.120. The monoisotopic (exact) mass is 437 g/mol. The normalized spacial score (nSPS) is 17.9. The van der Waals surface area contributed by atoms with Gasteiger partial charge in [0.2, 0.25) is 5.91 Å². The molecule has 0 aliphatic heterocycles. The summed E-state index contributed by atoms with van der Waals surface area (Å²) < 4.78 is 0. The molecular weight excluding hydrogens is 406 g/mol. The van der Waals surface area contributed by atoms with Crippen molar-refractivity contribution in [3.05, 3.63) is 90.0 Å². The van der Waals surface area contributed by atoms with E-state index in [2.05, 4.69) is 32.0 Å². The van der Waals surface area contributed by atoms with Crippen LogP contribution in [-0.4, -0.2) is 18.5 Å². The first-order valence-electron chi connectivity index (χ1n) is 11.7. The maximum atomic E-state index is 13.6. The summed E-state index contributed by atoms with van der Waals surface area (Å²) in [5.74, 6) is 0.945. The minimum atomic E-state index is -0.0684. The first kappa shape index (κ1) is 22.8. The van der Waals surface area contributed by atoms with Gasteiger partial charge in [0.1, 0.15) is 0 Å². The zero-order valence-corrected chi connectivity index (χ0v) is 19.3. The second-order valence-electron chi connectivity index (χ2n) is 9.43. The summed E-state index contributed by atoms with van der Waals surface area (Å²) in [6.07, 6.45) is 1.77. The lowest BCUT2D eigenvalue weighted by Crippen LogP contribution is -2.42. The van der Waals surface area contributed by atoms with E-state index >= 15 is 0 Å². The third kappa shape index (κ3) is 5.50. The lowest BCUT2D eigenvalue weighted by atomic mass is 10.0. The van der Waals surface area contributed by atoms with Crippen molar-refractivity contribution >= 4 is 11.6 Å². The Kier molecular flexibility index (Phi) is 6.91. The molecule has 0 aromatic heterocycles. The van der Waals surface area contributed by atoms with Crippen molar-refractivity contribution in [3.8, 4) is 17.2 Å². The SMILES string of the molecule is CC(C)C[C@H](N)CN(C(=O)[C@@H]1C[C@H]1c1ccccc1)c1ccc(-c2ccc(C#N)cc2)cc1. The molecular formula is C29H31N3O. The topological polar surface area (TPSA) is 70.1 Å². The highest BCUT2D eigenvalue weighted by Crippen LogP contribution is 2.48.